The van der Waals surface area contributed by atoms with E-state index in [0.29, 0.717) is 44.6 Å². The van der Waals surface area contributed by atoms with Gasteiger partial charge in [0.25, 0.3) is 6.01 Å². The van der Waals surface area contributed by atoms with Gasteiger partial charge in [0.2, 0.25) is 5.65 Å². The lowest BCUT2D eigenvalue weighted by atomic mass is 10.1. The van der Waals surface area contributed by atoms with Crippen molar-refractivity contribution in [3.63, 3.8) is 0 Å². The van der Waals surface area contributed by atoms with Gasteiger partial charge in [0.15, 0.2) is 5.58 Å². The van der Waals surface area contributed by atoms with Crippen molar-refractivity contribution in [2.45, 2.75) is 25.8 Å². The zero-order chi connectivity index (χ0) is 19.0. The number of anilines is 1. The van der Waals surface area contributed by atoms with E-state index in [1.807, 2.05) is 0 Å². The fraction of sp³-hybridized carbons (Fsp3) is 0.368. The minimum absolute atomic E-state index is 0.0138. The van der Waals surface area contributed by atoms with Crippen molar-refractivity contribution in [3.8, 4) is 17.0 Å². The van der Waals surface area contributed by atoms with Crippen molar-refractivity contribution in [1.29, 1.82) is 0 Å². The van der Waals surface area contributed by atoms with Crippen LogP contribution in [0.5, 0.6) is 5.75 Å². The van der Waals surface area contributed by atoms with Gasteiger partial charge >= 0.3 is 0 Å². The number of phenols is 1. The number of aromatic hydroxyl groups is 1. The number of nitrogens with zero attached hydrogens (tertiary/aromatic N) is 3. The molecule has 1 aromatic carbocycles. The number of fused-ring (bicyclic) bond motifs is 1. The third-order valence-corrected chi connectivity index (χ3v) is 5.35. The van der Waals surface area contributed by atoms with Crippen LogP contribution in [0.15, 0.2) is 28.7 Å². The highest BCUT2D eigenvalue weighted by molar-refractivity contribution is 6.34. The molecule has 27 heavy (non-hydrogen) atoms. The number of aromatic nitrogens is 2. The van der Waals surface area contributed by atoms with Crippen molar-refractivity contribution < 1.29 is 9.52 Å². The highest BCUT2D eigenvalue weighted by atomic mass is 35.5. The number of phenolic OH excluding ortho intramolecular Hbond substituents is 1. The highest BCUT2D eigenvalue weighted by Crippen LogP contribution is 2.36. The van der Waals surface area contributed by atoms with Crippen LogP contribution in [0.3, 0.4) is 0 Å². The second kappa shape index (κ2) is 7.54. The van der Waals surface area contributed by atoms with Gasteiger partial charge in [0.1, 0.15) is 5.75 Å². The lowest BCUT2D eigenvalue weighted by Crippen LogP contribution is -2.41. The molecular weight excluding hydrogens is 387 g/mol. The molecule has 8 heteroatoms. The summed E-state index contributed by atoms with van der Waals surface area (Å²) in [5, 5.41) is 14.3. The number of piperidine rings is 1. The van der Waals surface area contributed by atoms with E-state index in [4.69, 9.17) is 27.6 Å². The predicted molar refractivity (Wildman–Crippen MR) is 108 cm³/mol. The molecule has 1 aliphatic heterocycles. The predicted octanol–water partition coefficient (Wildman–Crippen LogP) is 4.80. The van der Waals surface area contributed by atoms with Gasteiger partial charge < -0.3 is 19.7 Å². The van der Waals surface area contributed by atoms with Gasteiger partial charge in [-0.1, -0.05) is 30.1 Å². The molecule has 142 valence electrons. The lowest BCUT2D eigenvalue weighted by Gasteiger charge is -2.31. The Morgan fingerprint density at radius 1 is 1.30 bits per heavy atom. The maximum Gasteiger partial charge on any atom is 0.297 e. The Balaban J connectivity index is 1.63. The maximum absolute atomic E-state index is 10.2. The molecule has 1 atom stereocenters. The molecular formula is C19H20Cl2N4O2. The van der Waals surface area contributed by atoms with Crippen molar-refractivity contribution in [3.05, 3.63) is 34.3 Å². The molecule has 1 fully saturated rings. The number of nitrogens with one attached hydrogen (secondary N) is 1. The molecule has 2 aromatic heterocycles. The summed E-state index contributed by atoms with van der Waals surface area (Å²) >= 11 is 12.3. The van der Waals surface area contributed by atoms with E-state index >= 15 is 0 Å². The topological polar surface area (TPSA) is 74.4 Å². The number of hydrogen-bond donors (Lipinski definition) is 2. The van der Waals surface area contributed by atoms with Crippen LogP contribution >= 0.6 is 23.2 Å². The minimum atomic E-state index is 0.0138. The second-order valence-corrected chi connectivity index (χ2v) is 7.54. The van der Waals surface area contributed by atoms with Crippen LogP contribution in [-0.4, -0.2) is 45.7 Å². The summed E-state index contributed by atoms with van der Waals surface area (Å²) in [7, 11) is 0. The van der Waals surface area contributed by atoms with Crippen LogP contribution in [0.2, 0.25) is 10.0 Å². The summed E-state index contributed by atoms with van der Waals surface area (Å²) in [6.07, 6.45) is 2.23. The molecule has 3 aromatic rings. The average Bonchev–Trinajstić information content (AvgIpc) is 3.02. The Labute approximate surface area is 167 Å². The highest BCUT2D eigenvalue weighted by Gasteiger charge is 2.21. The van der Waals surface area contributed by atoms with E-state index in [9.17, 15) is 5.11 Å². The van der Waals surface area contributed by atoms with Gasteiger partial charge in [-0.3, -0.25) is 0 Å². The van der Waals surface area contributed by atoms with Crippen molar-refractivity contribution in [2.75, 3.05) is 25.0 Å². The van der Waals surface area contributed by atoms with E-state index in [0.717, 1.165) is 32.5 Å². The third-order valence-electron chi connectivity index (χ3n) is 4.83. The number of oxazole rings is 1. The lowest BCUT2D eigenvalue weighted by molar-refractivity contribution is 0.225. The van der Waals surface area contributed by atoms with E-state index in [-0.39, 0.29) is 5.75 Å². The van der Waals surface area contributed by atoms with Gasteiger partial charge in [-0.25, -0.2) is 4.98 Å². The number of halogens is 2. The number of likely N-dealkylation sites (N-methyl/N-ethyl adjacent to an activating group) is 1. The van der Waals surface area contributed by atoms with E-state index in [1.54, 1.807) is 18.2 Å². The standard InChI is InChI=1S/C19H20Cl2N4O2/c1-2-25-7-3-4-12(10-25)22-19-24-18-16(27-19)9-14(21)17(23-18)13-6-5-11(20)8-15(13)26/h5-6,8-9,12,26H,2-4,7,10H2,1H3,(H,22,23,24). The molecule has 0 bridgehead atoms. The summed E-state index contributed by atoms with van der Waals surface area (Å²) in [4.78, 5) is 11.4. The van der Waals surface area contributed by atoms with E-state index < -0.39 is 0 Å². The quantitative estimate of drug-likeness (QED) is 0.647. The molecule has 1 aliphatic rings. The smallest absolute Gasteiger partial charge is 0.297 e. The zero-order valence-corrected chi connectivity index (χ0v) is 16.4. The minimum Gasteiger partial charge on any atom is -0.507 e. The molecule has 4 rings (SSSR count). The summed E-state index contributed by atoms with van der Waals surface area (Å²) in [5.74, 6) is 0.0138. The monoisotopic (exact) mass is 406 g/mol. The van der Waals surface area contributed by atoms with Crippen LogP contribution in [-0.2, 0) is 0 Å². The fourth-order valence-corrected chi connectivity index (χ4v) is 3.84. The van der Waals surface area contributed by atoms with E-state index in [1.165, 1.54) is 6.07 Å². The molecule has 1 unspecified atom stereocenters. The van der Waals surface area contributed by atoms with Crippen LogP contribution in [0.1, 0.15) is 19.8 Å². The van der Waals surface area contributed by atoms with Crippen LogP contribution in [0.25, 0.3) is 22.5 Å². The molecule has 6 nitrogen and oxygen atoms in total. The molecule has 0 radical (unpaired) electrons. The zero-order valence-electron chi connectivity index (χ0n) is 14.9. The summed E-state index contributed by atoms with van der Waals surface area (Å²) in [6, 6.07) is 7.22. The maximum atomic E-state index is 10.2. The summed E-state index contributed by atoms with van der Waals surface area (Å²) in [5.41, 5.74) is 1.87. The first-order valence-corrected chi connectivity index (χ1v) is 9.74. The summed E-state index contributed by atoms with van der Waals surface area (Å²) < 4.78 is 5.79. The van der Waals surface area contributed by atoms with Gasteiger partial charge in [-0.2, -0.15) is 4.98 Å². The van der Waals surface area contributed by atoms with Gasteiger partial charge in [-0.15, -0.1) is 0 Å². The van der Waals surface area contributed by atoms with Gasteiger partial charge in [0.05, 0.1) is 10.7 Å². The SMILES string of the molecule is CCN1CCCC(Nc2nc3nc(-c4ccc(Cl)cc4O)c(Cl)cc3o2)C1. The first-order chi connectivity index (χ1) is 13.0. The largest absolute Gasteiger partial charge is 0.507 e. The normalized spacial score (nSPS) is 18.1. The van der Waals surface area contributed by atoms with Gasteiger partial charge in [-0.05, 0) is 44.1 Å². The number of benzene rings is 1. The van der Waals surface area contributed by atoms with Crippen LogP contribution < -0.4 is 5.32 Å². The number of rotatable bonds is 4. The molecule has 0 amide bonds. The molecule has 0 saturated carbocycles. The Kier molecular flexibility index (Phi) is 5.12. The number of hydrogen-bond acceptors (Lipinski definition) is 6. The Morgan fingerprint density at radius 3 is 2.93 bits per heavy atom. The van der Waals surface area contributed by atoms with Crippen LogP contribution in [0.4, 0.5) is 6.01 Å². The van der Waals surface area contributed by atoms with Crippen LogP contribution in [0, 0.1) is 0 Å². The van der Waals surface area contributed by atoms with Crippen molar-refractivity contribution in [2.24, 2.45) is 0 Å². The van der Waals surface area contributed by atoms with Crippen molar-refractivity contribution >= 4 is 40.4 Å². The molecule has 3 heterocycles. The Hall–Kier alpha value is -2.02. The molecule has 0 spiro atoms. The molecule has 2 N–H and O–H groups in total. The first kappa shape index (κ1) is 18.3. The average molecular weight is 407 g/mol. The Bertz CT molecular complexity index is 976. The molecule has 0 aliphatic carbocycles. The second-order valence-electron chi connectivity index (χ2n) is 6.70. The fourth-order valence-electron chi connectivity index (χ4n) is 3.43. The third kappa shape index (κ3) is 3.83. The molecule has 1 saturated heterocycles. The van der Waals surface area contributed by atoms with Gasteiger partial charge in [0, 0.05) is 29.2 Å². The number of likely N-dealkylation sites (tertiary alicyclic amines) is 1. The van der Waals surface area contributed by atoms with Crippen molar-refractivity contribution in [1.82, 2.24) is 14.9 Å². The number of pyridine rings is 1. The van der Waals surface area contributed by atoms with E-state index in [2.05, 4.69) is 27.1 Å². The summed E-state index contributed by atoms with van der Waals surface area (Å²) in [6.45, 7) is 5.30. The Morgan fingerprint density at radius 2 is 2.15 bits per heavy atom. The first-order valence-electron chi connectivity index (χ1n) is 8.98.